The van der Waals surface area contributed by atoms with E-state index in [1.165, 1.54) is 52.0 Å². The highest BCUT2D eigenvalue weighted by molar-refractivity contribution is 5.22. The van der Waals surface area contributed by atoms with Gasteiger partial charge in [0, 0.05) is 261 Å². The second kappa shape index (κ2) is 48.0. The van der Waals surface area contributed by atoms with E-state index in [0.29, 0.717) is 103 Å². The van der Waals surface area contributed by atoms with Crippen molar-refractivity contribution in [1.82, 2.24) is 84.5 Å². The van der Waals surface area contributed by atoms with Crippen LogP contribution in [0.25, 0.3) is 0 Å². The quantitative estimate of drug-likeness (QED) is 0.105. The highest BCUT2D eigenvalue weighted by Crippen LogP contribution is 2.64. The average Bonchev–Trinajstić information content (AvgIpc) is 1.53. The first-order chi connectivity index (χ1) is 60.9. The zero-order chi connectivity index (χ0) is 99.1. The van der Waals surface area contributed by atoms with Gasteiger partial charge in [-0.3, -0.25) is 58.8 Å². The van der Waals surface area contributed by atoms with Crippen molar-refractivity contribution in [3.8, 4) is 0 Å². The van der Waals surface area contributed by atoms with Gasteiger partial charge in [-0.25, -0.2) is 26.3 Å². The van der Waals surface area contributed by atoms with Gasteiger partial charge < -0.3 is 46.7 Å². The van der Waals surface area contributed by atoms with E-state index in [1.54, 1.807) is 0 Å². The summed E-state index contributed by atoms with van der Waals surface area (Å²) in [4.78, 5) is 33.8. The van der Waals surface area contributed by atoms with Crippen LogP contribution in [0.3, 0.4) is 0 Å². The number of likely N-dealkylation sites (N-methyl/N-ethyl adjacent to an activating group) is 1. The van der Waals surface area contributed by atoms with Gasteiger partial charge in [-0.1, -0.05) is 6.92 Å². The molecule has 0 radical (unpaired) electrons. The molecular formula is C105H209F6N19O2. The van der Waals surface area contributed by atoms with Crippen LogP contribution in [0.5, 0.6) is 0 Å². The SMILES string of the molecule is C[C@@H]1C(CN2CCNCC2)[C@@]2(C)C[C@H]2N1C(C)(C)C.C[C@@H]1CC2(CN)CC2N1C(C)(C)C.C[C@@H]1C[C@@H](F)C(CN(C)C)N1C(C)(C)C.C[C@@H]1C[C@@H](F)C(CN)N1C(C)(C)C.C[C@@H]1C[C@@H](F)[C@@H](CN2CCNCC2)N1C(C)(C)C.C[C@@H]1C[C@@H](F)[C@@H](CN2CCOCC2)N1C(C)(C)C.C[C@@H]1C[C@@H](F)[C@H](CN2CCNCC2)N1C(C)(C)C.C[C@@H]1C[C@@H](F)[C@H](CN2CCOCC2)N1C(C)(C)C. The number of hydrogen-bond donors (Lipinski definition) is 5. The molecule has 21 nitrogen and oxygen atoms in total. The molecule has 15 aliphatic rings. The minimum absolute atomic E-state index is 0.0181. The number of hydrogen-bond acceptors (Lipinski definition) is 21. The molecule has 0 amide bonds. The molecule has 132 heavy (non-hydrogen) atoms. The molecule has 0 aromatic carbocycles. The number of fused-ring (bicyclic) bond motifs is 2. The number of piperidine rings is 2. The van der Waals surface area contributed by atoms with Crippen LogP contribution in [0.15, 0.2) is 0 Å². The Hall–Kier alpha value is -1.26. The number of likely N-dealkylation sites (tertiary alicyclic amines) is 8. The van der Waals surface area contributed by atoms with Crippen LogP contribution in [-0.4, -0.2) is 444 Å². The molecule has 2 aliphatic carbocycles. The standard InChI is InChI=1S/C16H31N3.2C14H28FN3.2C14H27FN2O.C12H25FN2.C11H22N2.C10H21FN2/c1-12-13(11-18-8-6-17-7-9-18)16(5)10-14(16)19(12)15(2,3)4;2*1-11-9-12(15)13(18(11)14(2,3)4)10-17-7-5-16-6-8-17;2*1-11-9-12(15)13(17(11)14(2,3)4)10-16-5-7-18-8-6-16;1-9-7-10(13)11(8-14(5)6)15(9)12(2,3)4;1-8-5-11(7-12)6-9(11)13(8)10(2,3)4;1-7-5-8(11)9(6-12)13(7)10(2,3)4/h12-14,17H,6-11H2,1-5H3;2*11-13,16H,5-10H2,1-4H3;2*11-13H,5-10H2,1-4H3;9-11H,7-8H2,1-6H3;8-9H,5-7,12H2,1-4H3;7-9H,5-6,12H2,1-4H3/t12-,13?,14-,16-;11-,12-,13+;11-,12-,13-;11-,12-,13+;11-,12-,13-;9-,10-,11?;8-,9?,11?;7-,8-,9?/m11111111/s1. The first-order valence-electron chi connectivity index (χ1n) is 53.0. The average molecular weight is 1880 g/mol. The summed E-state index contributed by atoms with van der Waals surface area (Å²) >= 11 is 0. The fourth-order valence-electron chi connectivity index (χ4n) is 27.8. The van der Waals surface area contributed by atoms with Crippen LogP contribution in [0, 0.1) is 16.7 Å². The maximum Gasteiger partial charge on any atom is 0.118 e. The lowest BCUT2D eigenvalue weighted by Crippen LogP contribution is -2.55. The van der Waals surface area contributed by atoms with Gasteiger partial charge in [-0.2, -0.15) is 0 Å². The summed E-state index contributed by atoms with van der Waals surface area (Å²) in [5.41, 5.74) is 13.4. The smallest absolute Gasteiger partial charge is 0.118 e. The summed E-state index contributed by atoms with van der Waals surface area (Å²) in [6, 6.07) is 5.31. The zero-order valence-corrected chi connectivity index (χ0v) is 91.4. The van der Waals surface area contributed by atoms with E-state index in [0.717, 1.165) is 174 Å². The number of alkyl halides is 6. The summed E-state index contributed by atoms with van der Waals surface area (Å²) in [6.07, 6.45) is 3.94. The molecule has 0 spiro atoms. The molecule has 0 aromatic rings. The molecule has 5 unspecified atom stereocenters. The van der Waals surface area contributed by atoms with E-state index < -0.39 is 37.0 Å². The van der Waals surface area contributed by atoms with Crippen LogP contribution >= 0.6 is 0 Å². The third-order valence-corrected chi connectivity index (χ3v) is 32.5. The van der Waals surface area contributed by atoms with Crippen molar-refractivity contribution < 1.29 is 35.8 Å². The van der Waals surface area contributed by atoms with Gasteiger partial charge >= 0.3 is 0 Å². The Morgan fingerprint density at radius 1 is 0.311 bits per heavy atom. The van der Waals surface area contributed by atoms with Gasteiger partial charge in [0.2, 0.25) is 0 Å². The number of ether oxygens (including phenoxy) is 2. The summed E-state index contributed by atoms with van der Waals surface area (Å²) < 4.78 is 95.3. The Morgan fingerprint density at radius 2 is 0.561 bits per heavy atom. The Bertz CT molecular complexity index is 3090. The molecule has 0 aromatic heterocycles. The van der Waals surface area contributed by atoms with Crippen molar-refractivity contribution in [2.75, 3.05) is 198 Å². The zero-order valence-electron chi connectivity index (χ0n) is 91.4. The molecule has 13 heterocycles. The lowest BCUT2D eigenvalue weighted by molar-refractivity contribution is 0.00149. The molecule has 27 heteroatoms. The van der Waals surface area contributed by atoms with Crippen molar-refractivity contribution >= 4 is 0 Å². The third-order valence-electron chi connectivity index (χ3n) is 32.5. The van der Waals surface area contributed by atoms with Crippen molar-refractivity contribution in [2.24, 2.45) is 28.2 Å². The van der Waals surface area contributed by atoms with Crippen LogP contribution in [0.1, 0.15) is 286 Å². The van der Waals surface area contributed by atoms with Crippen molar-refractivity contribution in [1.29, 1.82) is 0 Å². The van der Waals surface area contributed by atoms with Gasteiger partial charge in [0.1, 0.15) is 37.0 Å². The highest BCUT2D eigenvalue weighted by Gasteiger charge is 2.68. The number of nitrogens with two attached hydrogens (primary N) is 2. The minimum Gasteiger partial charge on any atom is -0.379 e. The number of halogens is 6. The topological polar surface area (TPSA) is 152 Å². The molecule has 13 aliphatic heterocycles. The molecule has 0 bridgehead atoms. The Morgan fingerprint density at radius 3 is 0.795 bits per heavy atom. The molecule has 7 N–H and O–H groups in total. The molecule has 15 rings (SSSR count). The van der Waals surface area contributed by atoms with E-state index in [4.69, 9.17) is 20.9 Å². The Kier molecular flexibility index (Phi) is 42.1. The normalized spacial score (nSPS) is 38.0. The van der Waals surface area contributed by atoms with Crippen LogP contribution < -0.4 is 27.4 Å². The maximum absolute atomic E-state index is 14.3. The Balaban J connectivity index is 0.000000187. The second-order valence-corrected chi connectivity index (χ2v) is 52.0. The Labute approximate surface area is 806 Å². The van der Waals surface area contributed by atoms with Crippen molar-refractivity contribution in [3.05, 3.63) is 0 Å². The fourth-order valence-corrected chi connectivity index (χ4v) is 27.8. The largest absolute Gasteiger partial charge is 0.379 e. The first kappa shape index (κ1) is 116. The molecule has 778 valence electrons. The van der Waals surface area contributed by atoms with Crippen molar-refractivity contribution in [2.45, 2.75) is 464 Å². The molecule has 15 fully saturated rings. The van der Waals surface area contributed by atoms with Gasteiger partial charge in [-0.05, 0) is 311 Å². The summed E-state index contributed by atoms with van der Waals surface area (Å²) in [5.74, 6) is 0.856. The summed E-state index contributed by atoms with van der Waals surface area (Å²) in [5, 5.41) is 10.2. The van der Waals surface area contributed by atoms with E-state index >= 15 is 0 Å². The number of piperazine rings is 3. The second-order valence-electron chi connectivity index (χ2n) is 52.0. The van der Waals surface area contributed by atoms with Crippen LogP contribution in [-0.2, 0) is 9.47 Å². The van der Waals surface area contributed by atoms with E-state index in [9.17, 15) is 26.3 Å². The number of nitrogens with zero attached hydrogens (tertiary/aromatic N) is 14. The van der Waals surface area contributed by atoms with E-state index in [1.807, 2.05) is 14.1 Å². The summed E-state index contributed by atoms with van der Waals surface area (Å²) in [7, 11) is 4.02. The van der Waals surface area contributed by atoms with Crippen LogP contribution in [0.2, 0.25) is 0 Å². The van der Waals surface area contributed by atoms with Gasteiger partial charge in [-0.15, -0.1) is 0 Å². The number of rotatable bonds is 14. The molecule has 13 saturated heterocycles. The van der Waals surface area contributed by atoms with Gasteiger partial charge in [0.15, 0.2) is 0 Å². The molecular weight excluding hydrogens is 1670 g/mol. The van der Waals surface area contributed by atoms with Gasteiger partial charge in [0.05, 0.1) is 62.7 Å². The summed E-state index contributed by atoms with van der Waals surface area (Å²) in [6.45, 7) is 100. The van der Waals surface area contributed by atoms with Gasteiger partial charge in [0.25, 0.3) is 0 Å². The molecule has 25 atom stereocenters. The van der Waals surface area contributed by atoms with Crippen LogP contribution in [0.4, 0.5) is 26.3 Å². The monoisotopic (exact) mass is 1880 g/mol. The minimum atomic E-state index is -0.751. The predicted molar refractivity (Wildman–Crippen MR) is 543 cm³/mol. The van der Waals surface area contributed by atoms with Crippen molar-refractivity contribution in [3.63, 3.8) is 0 Å². The van der Waals surface area contributed by atoms with E-state index in [2.05, 4.69) is 313 Å². The van der Waals surface area contributed by atoms with E-state index in [-0.39, 0.29) is 69.5 Å². The number of nitrogens with one attached hydrogen (secondary N) is 3. The molecule has 2 saturated carbocycles. The lowest BCUT2D eigenvalue weighted by atomic mass is 9.86. The highest BCUT2D eigenvalue weighted by atomic mass is 19.2. The fraction of sp³-hybridized carbons (Fsp3) is 1.00. The first-order valence-corrected chi connectivity index (χ1v) is 53.0. The third kappa shape index (κ3) is 30.9. The number of morpholine rings is 2. The lowest BCUT2D eigenvalue weighted by Gasteiger charge is -2.42. The predicted octanol–water partition coefficient (Wildman–Crippen LogP) is 13.9. The maximum atomic E-state index is 14.3.